The summed E-state index contributed by atoms with van der Waals surface area (Å²) in [6.45, 7) is -0.00210. The van der Waals surface area contributed by atoms with Gasteiger partial charge in [0.15, 0.2) is 12.2 Å². The highest BCUT2D eigenvalue weighted by atomic mass is 17.0. The topological polar surface area (TPSA) is 160 Å². The van der Waals surface area contributed by atoms with Gasteiger partial charge in [0.1, 0.15) is 18.2 Å². The van der Waals surface area contributed by atoms with Gasteiger partial charge in [0.25, 0.3) is 5.09 Å². The van der Waals surface area contributed by atoms with Crippen LogP contribution in [0.15, 0.2) is 0 Å². The lowest BCUT2D eigenvalue weighted by molar-refractivity contribution is -0.769. The van der Waals surface area contributed by atoms with Crippen molar-refractivity contribution >= 4 is 11.9 Å². The second kappa shape index (κ2) is 6.85. The van der Waals surface area contributed by atoms with Crippen molar-refractivity contribution in [3.8, 4) is 0 Å². The number of rotatable bonds is 7. The minimum Gasteiger partial charge on any atom is -0.480 e. The second-order valence-electron chi connectivity index (χ2n) is 4.98. The van der Waals surface area contributed by atoms with Gasteiger partial charge in [0.05, 0.1) is 13.2 Å². The molecule has 0 spiro atoms. The molecule has 11 heteroatoms. The van der Waals surface area contributed by atoms with E-state index in [4.69, 9.17) is 25.1 Å². The molecule has 2 aliphatic rings. The Balaban J connectivity index is 1.79. The molecular formula is C11H16N2O9. The molecule has 0 unspecified atom stereocenters. The van der Waals surface area contributed by atoms with Crippen LogP contribution < -0.4 is 5.73 Å². The number of fused-ring (bicyclic) bond motifs is 1. The first-order valence-corrected chi connectivity index (χ1v) is 6.60. The summed E-state index contributed by atoms with van der Waals surface area (Å²) in [5, 5.41) is 18.0. The number of hydrogen-bond donors (Lipinski definition) is 2. The minimum absolute atomic E-state index is 0.0314. The lowest BCUT2D eigenvalue weighted by Crippen LogP contribution is -2.36. The van der Waals surface area contributed by atoms with Crippen molar-refractivity contribution in [2.75, 3.05) is 13.2 Å². The fourth-order valence-electron chi connectivity index (χ4n) is 2.36. The highest BCUT2D eigenvalue weighted by Crippen LogP contribution is 2.30. The fraction of sp³-hybridized carbons (Fsp3) is 0.818. The van der Waals surface area contributed by atoms with Crippen LogP contribution in [0.5, 0.6) is 0 Å². The summed E-state index contributed by atoms with van der Waals surface area (Å²) in [6, 6.07) is -1.14. The average molecular weight is 320 g/mol. The fourth-order valence-corrected chi connectivity index (χ4v) is 2.36. The van der Waals surface area contributed by atoms with E-state index in [1.807, 2.05) is 0 Å². The number of carbonyl (C=O) groups is 2. The molecule has 0 radical (unpaired) electrons. The largest absolute Gasteiger partial charge is 0.480 e. The van der Waals surface area contributed by atoms with Gasteiger partial charge in [-0.05, 0) is 6.42 Å². The molecule has 3 N–H and O–H groups in total. The zero-order valence-electron chi connectivity index (χ0n) is 11.5. The van der Waals surface area contributed by atoms with Crippen LogP contribution in [0.3, 0.4) is 0 Å². The predicted molar refractivity (Wildman–Crippen MR) is 66.1 cm³/mol. The van der Waals surface area contributed by atoms with Crippen molar-refractivity contribution in [3.63, 3.8) is 0 Å². The van der Waals surface area contributed by atoms with Gasteiger partial charge in [0, 0.05) is 6.42 Å². The number of carboxylic acids is 1. The Hall–Kier alpha value is -1.98. The molecule has 0 bridgehead atoms. The van der Waals surface area contributed by atoms with Crippen molar-refractivity contribution < 1.29 is 38.8 Å². The van der Waals surface area contributed by atoms with Gasteiger partial charge in [-0.25, -0.2) is 0 Å². The maximum Gasteiger partial charge on any atom is 0.320 e. The normalized spacial score (nSPS) is 31.3. The second-order valence-corrected chi connectivity index (χ2v) is 4.98. The van der Waals surface area contributed by atoms with E-state index >= 15 is 0 Å². The third-order valence-electron chi connectivity index (χ3n) is 3.44. The molecule has 11 nitrogen and oxygen atoms in total. The van der Waals surface area contributed by atoms with Crippen molar-refractivity contribution in [2.24, 2.45) is 5.73 Å². The zero-order chi connectivity index (χ0) is 16.3. The first-order valence-electron chi connectivity index (χ1n) is 6.60. The maximum absolute atomic E-state index is 11.7. The summed E-state index contributed by atoms with van der Waals surface area (Å²) in [4.78, 5) is 37.0. The van der Waals surface area contributed by atoms with Gasteiger partial charge >= 0.3 is 11.9 Å². The van der Waals surface area contributed by atoms with Crippen molar-refractivity contribution in [1.29, 1.82) is 0 Å². The number of hydrogen-bond acceptors (Lipinski definition) is 9. The van der Waals surface area contributed by atoms with E-state index in [0.717, 1.165) is 0 Å². The van der Waals surface area contributed by atoms with E-state index in [-0.39, 0.29) is 26.1 Å². The Bertz CT molecular complexity index is 457. The van der Waals surface area contributed by atoms with Gasteiger partial charge in [-0.3, -0.25) is 9.59 Å². The molecule has 0 aromatic heterocycles. The number of nitrogens with zero attached hydrogens (tertiary/aromatic N) is 1. The Kier molecular flexibility index (Phi) is 5.11. The van der Waals surface area contributed by atoms with Gasteiger partial charge < -0.3 is 29.9 Å². The van der Waals surface area contributed by atoms with Crippen LogP contribution in [0.1, 0.15) is 12.8 Å². The SMILES string of the molecule is N[C@@H](CCC(=O)O[C@H]1CO[C@H]2[C@@H]1OC[C@H]2O[N+](=O)[O-])C(=O)O. The standard InChI is InChI=1S/C11H16N2O9/c12-5(11(15)16)1-2-8(14)21-6-3-19-10-7(22-13(17)18)4-20-9(6)10/h5-7,9-10H,1-4,12H2,(H,15,16)/t5-,6-,7+,9+,10+/m0/s1. The summed E-state index contributed by atoms with van der Waals surface area (Å²) >= 11 is 0. The molecule has 22 heavy (non-hydrogen) atoms. The number of ether oxygens (including phenoxy) is 3. The maximum atomic E-state index is 11.7. The Labute approximate surface area is 124 Å². The average Bonchev–Trinajstić information content (AvgIpc) is 3.00. The molecule has 124 valence electrons. The highest BCUT2D eigenvalue weighted by Gasteiger charge is 2.51. The van der Waals surface area contributed by atoms with Gasteiger partial charge in [-0.2, -0.15) is 0 Å². The molecule has 5 atom stereocenters. The van der Waals surface area contributed by atoms with Crippen LogP contribution in [0.4, 0.5) is 0 Å². The van der Waals surface area contributed by atoms with E-state index in [2.05, 4.69) is 4.84 Å². The first kappa shape index (κ1) is 16.4. The van der Waals surface area contributed by atoms with Gasteiger partial charge in [0.2, 0.25) is 0 Å². The van der Waals surface area contributed by atoms with E-state index in [9.17, 15) is 19.7 Å². The molecule has 0 amide bonds. The van der Waals surface area contributed by atoms with Gasteiger partial charge in [-0.1, -0.05) is 0 Å². The van der Waals surface area contributed by atoms with Crippen molar-refractivity contribution in [2.45, 2.75) is 43.3 Å². The lowest BCUT2D eigenvalue weighted by Gasteiger charge is -2.17. The van der Waals surface area contributed by atoms with Gasteiger partial charge in [-0.15, -0.1) is 10.1 Å². The third kappa shape index (κ3) is 3.81. The molecule has 0 aliphatic carbocycles. The molecule has 2 saturated heterocycles. The molecule has 2 aliphatic heterocycles. The Morgan fingerprint density at radius 3 is 2.50 bits per heavy atom. The smallest absolute Gasteiger partial charge is 0.320 e. The summed E-state index contributed by atoms with van der Waals surface area (Å²) < 4.78 is 15.8. The molecular weight excluding hydrogens is 304 g/mol. The van der Waals surface area contributed by atoms with Crippen LogP contribution in [-0.2, 0) is 28.6 Å². The quantitative estimate of drug-likeness (QED) is 0.319. The molecule has 0 aromatic rings. The predicted octanol–water partition coefficient (Wildman–Crippen LogP) is -1.54. The lowest BCUT2D eigenvalue weighted by atomic mass is 10.1. The number of aliphatic carboxylic acids is 1. The Morgan fingerprint density at radius 1 is 1.32 bits per heavy atom. The van der Waals surface area contributed by atoms with Crippen LogP contribution in [0.2, 0.25) is 0 Å². The summed E-state index contributed by atoms with van der Waals surface area (Å²) in [5.74, 6) is -1.83. The molecule has 0 aromatic carbocycles. The third-order valence-corrected chi connectivity index (χ3v) is 3.44. The summed E-state index contributed by atoms with van der Waals surface area (Å²) in [5.41, 5.74) is 5.29. The minimum atomic E-state index is -1.20. The molecule has 2 rings (SSSR count). The zero-order valence-corrected chi connectivity index (χ0v) is 11.5. The number of carbonyl (C=O) groups excluding carboxylic acids is 1. The van der Waals surface area contributed by atoms with E-state index in [1.165, 1.54) is 0 Å². The van der Waals surface area contributed by atoms with E-state index in [1.54, 1.807) is 0 Å². The highest BCUT2D eigenvalue weighted by molar-refractivity contribution is 5.75. The molecule has 2 fully saturated rings. The molecule has 2 heterocycles. The summed E-state index contributed by atoms with van der Waals surface area (Å²) in [7, 11) is 0. The van der Waals surface area contributed by atoms with Crippen molar-refractivity contribution in [1.82, 2.24) is 0 Å². The van der Waals surface area contributed by atoms with E-state index < -0.39 is 47.5 Å². The van der Waals surface area contributed by atoms with E-state index in [0.29, 0.717) is 0 Å². The van der Waals surface area contributed by atoms with Crippen LogP contribution in [0, 0.1) is 10.1 Å². The Morgan fingerprint density at radius 2 is 1.91 bits per heavy atom. The summed E-state index contributed by atoms with van der Waals surface area (Å²) in [6.07, 6.45) is -3.09. The number of carboxylic acid groups (broad SMARTS) is 1. The first-order chi connectivity index (χ1) is 10.4. The monoisotopic (exact) mass is 320 g/mol. The molecule has 0 saturated carbocycles. The van der Waals surface area contributed by atoms with Crippen molar-refractivity contribution in [3.05, 3.63) is 10.1 Å². The van der Waals surface area contributed by atoms with Crippen LogP contribution >= 0.6 is 0 Å². The van der Waals surface area contributed by atoms with Crippen LogP contribution in [0.25, 0.3) is 0 Å². The number of esters is 1. The number of nitrogens with two attached hydrogens (primary N) is 1. The van der Waals surface area contributed by atoms with Crippen LogP contribution in [-0.4, -0.2) is 65.8 Å².